The van der Waals surface area contributed by atoms with Gasteiger partial charge in [0.05, 0.1) is 0 Å². The van der Waals surface area contributed by atoms with Crippen molar-refractivity contribution in [1.29, 1.82) is 0 Å². The second-order valence-corrected chi connectivity index (χ2v) is 4.47. The summed E-state index contributed by atoms with van der Waals surface area (Å²) in [6.07, 6.45) is 0.660. The first-order chi connectivity index (χ1) is 6.85. The molecule has 86 valence electrons. The number of nitrogens with one attached hydrogen (secondary N) is 1. The van der Waals surface area contributed by atoms with E-state index in [1.807, 2.05) is 34.6 Å². The molecule has 0 saturated carbocycles. The highest BCUT2D eigenvalue weighted by atomic mass is 16.6. The van der Waals surface area contributed by atoms with Crippen LogP contribution in [0, 0.1) is 11.8 Å². The number of carbonyl (C=O) groups is 1. The maximum Gasteiger partial charge on any atom is 0.384 e. The first-order valence-electron chi connectivity index (χ1n) is 5.30. The molecule has 1 N–H and O–H groups in total. The van der Waals surface area contributed by atoms with E-state index in [-0.39, 0.29) is 0 Å². The van der Waals surface area contributed by atoms with Crippen molar-refractivity contribution in [2.24, 2.45) is 0 Å². The Kier molecular flexibility index (Phi) is 6.03. The van der Waals surface area contributed by atoms with E-state index in [1.54, 1.807) is 0 Å². The highest BCUT2D eigenvalue weighted by molar-refractivity contribution is 5.88. The molecule has 1 unspecified atom stereocenters. The van der Waals surface area contributed by atoms with E-state index in [1.165, 1.54) is 0 Å². The van der Waals surface area contributed by atoms with Crippen LogP contribution >= 0.6 is 0 Å². The molecule has 0 aliphatic rings. The third-order valence-corrected chi connectivity index (χ3v) is 1.55. The maximum atomic E-state index is 11.2. The molecule has 0 aromatic carbocycles. The van der Waals surface area contributed by atoms with E-state index in [0.29, 0.717) is 12.5 Å². The minimum Gasteiger partial charge on any atom is -0.450 e. The predicted molar refractivity (Wildman–Crippen MR) is 61.4 cm³/mol. The van der Waals surface area contributed by atoms with Gasteiger partial charge in [0.15, 0.2) is 0 Å². The van der Waals surface area contributed by atoms with Crippen molar-refractivity contribution < 1.29 is 9.53 Å². The molecule has 3 heteroatoms. The van der Waals surface area contributed by atoms with Gasteiger partial charge in [-0.3, -0.25) is 0 Å². The summed E-state index contributed by atoms with van der Waals surface area (Å²) in [4.78, 5) is 11.2. The molecule has 0 amide bonds. The van der Waals surface area contributed by atoms with E-state index >= 15 is 0 Å². The van der Waals surface area contributed by atoms with Crippen LogP contribution in [0.25, 0.3) is 0 Å². The van der Waals surface area contributed by atoms with Gasteiger partial charge in [-0.25, -0.2) is 4.79 Å². The molecule has 0 bridgehead atoms. The fourth-order valence-electron chi connectivity index (χ4n) is 1.00. The molecule has 0 saturated heterocycles. The Morgan fingerprint density at radius 3 is 2.53 bits per heavy atom. The molecule has 0 spiro atoms. The van der Waals surface area contributed by atoms with Crippen LogP contribution in [0.15, 0.2) is 0 Å². The first kappa shape index (κ1) is 14.0. The molecule has 0 heterocycles. The van der Waals surface area contributed by atoms with Crippen molar-refractivity contribution in [3.8, 4) is 11.8 Å². The number of rotatable bonds is 3. The van der Waals surface area contributed by atoms with E-state index in [2.05, 4.69) is 17.2 Å². The number of ether oxygens (including phenoxy) is 1. The Morgan fingerprint density at radius 2 is 2.07 bits per heavy atom. The minimum absolute atomic E-state index is 0.310. The Hall–Kier alpha value is -1.01. The topological polar surface area (TPSA) is 38.3 Å². The summed E-state index contributed by atoms with van der Waals surface area (Å²) < 4.78 is 5.05. The van der Waals surface area contributed by atoms with Gasteiger partial charge in [-0.05, 0) is 34.2 Å². The minimum atomic E-state index is -0.459. The van der Waals surface area contributed by atoms with Gasteiger partial charge in [-0.15, -0.1) is 0 Å². The smallest absolute Gasteiger partial charge is 0.384 e. The highest BCUT2D eigenvalue weighted by Gasteiger charge is 2.14. The lowest BCUT2D eigenvalue weighted by Crippen LogP contribution is -2.25. The summed E-state index contributed by atoms with van der Waals surface area (Å²) in [7, 11) is 0. The second-order valence-electron chi connectivity index (χ2n) is 4.47. The fourth-order valence-corrected chi connectivity index (χ4v) is 1.00. The Morgan fingerprint density at radius 1 is 1.47 bits per heavy atom. The summed E-state index contributed by atoms with van der Waals surface area (Å²) in [5.41, 5.74) is -0.459. The van der Waals surface area contributed by atoms with Crippen LogP contribution in [-0.4, -0.2) is 24.2 Å². The standard InChI is InChI=1S/C12H21NO2/c1-6-13-10(2)8-7-9-11(14)15-12(3,4)5/h10,13H,6,8H2,1-5H3. The van der Waals surface area contributed by atoms with Gasteiger partial charge in [0.1, 0.15) is 5.60 Å². The van der Waals surface area contributed by atoms with Crippen LogP contribution in [0.5, 0.6) is 0 Å². The molecule has 0 rings (SSSR count). The lowest BCUT2D eigenvalue weighted by Gasteiger charge is -2.16. The van der Waals surface area contributed by atoms with Crippen molar-refractivity contribution in [1.82, 2.24) is 5.32 Å². The van der Waals surface area contributed by atoms with Gasteiger partial charge in [-0.1, -0.05) is 12.8 Å². The van der Waals surface area contributed by atoms with Crippen molar-refractivity contribution in [3.63, 3.8) is 0 Å². The van der Waals surface area contributed by atoms with Crippen molar-refractivity contribution in [3.05, 3.63) is 0 Å². The summed E-state index contributed by atoms with van der Waals surface area (Å²) in [6.45, 7) is 10.5. The zero-order valence-electron chi connectivity index (χ0n) is 10.3. The van der Waals surface area contributed by atoms with Gasteiger partial charge in [0, 0.05) is 18.4 Å². The third-order valence-electron chi connectivity index (χ3n) is 1.55. The molecule has 0 aliphatic carbocycles. The first-order valence-corrected chi connectivity index (χ1v) is 5.30. The van der Waals surface area contributed by atoms with Gasteiger partial charge in [-0.2, -0.15) is 0 Å². The number of hydrogen-bond donors (Lipinski definition) is 1. The predicted octanol–water partition coefficient (Wildman–Crippen LogP) is 1.72. The monoisotopic (exact) mass is 211 g/mol. The quantitative estimate of drug-likeness (QED) is 0.439. The SMILES string of the molecule is CCNC(C)CC#CC(=O)OC(C)(C)C. The number of esters is 1. The highest BCUT2D eigenvalue weighted by Crippen LogP contribution is 2.06. The average molecular weight is 211 g/mol. The van der Waals surface area contributed by atoms with Crippen LogP contribution in [0.1, 0.15) is 41.0 Å². The molecule has 0 aromatic heterocycles. The number of hydrogen-bond acceptors (Lipinski definition) is 3. The average Bonchev–Trinajstić information content (AvgIpc) is 2.00. The van der Waals surface area contributed by atoms with Crippen molar-refractivity contribution >= 4 is 5.97 Å². The molecule has 0 aromatic rings. The van der Waals surface area contributed by atoms with Crippen LogP contribution in [0.2, 0.25) is 0 Å². The van der Waals surface area contributed by atoms with Crippen molar-refractivity contribution in [2.75, 3.05) is 6.54 Å². The number of carbonyl (C=O) groups excluding carboxylic acids is 1. The molecule has 1 atom stereocenters. The molecule has 3 nitrogen and oxygen atoms in total. The van der Waals surface area contributed by atoms with E-state index in [0.717, 1.165) is 6.54 Å². The summed E-state index contributed by atoms with van der Waals surface area (Å²) >= 11 is 0. The second kappa shape index (κ2) is 6.47. The molecule has 15 heavy (non-hydrogen) atoms. The van der Waals surface area contributed by atoms with Crippen LogP contribution in [0.3, 0.4) is 0 Å². The molecular formula is C12H21NO2. The third kappa shape index (κ3) is 9.30. The summed E-state index contributed by atoms with van der Waals surface area (Å²) in [5.74, 6) is 4.83. The zero-order chi connectivity index (χ0) is 11.9. The Labute approximate surface area is 92.6 Å². The molecule has 0 aliphatic heterocycles. The van der Waals surface area contributed by atoms with Gasteiger partial charge in [0.2, 0.25) is 0 Å². The van der Waals surface area contributed by atoms with Crippen LogP contribution < -0.4 is 5.32 Å². The normalized spacial score (nSPS) is 12.6. The Balaban J connectivity index is 3.92. The largest absolute Gasteiger partial charge is 0.450 e. The zero-order valence-corrected chi connectivity index (χ0v) is 10.3. The molecule has 0 fully saturated rings. The Bertz CT molecular complexity index is 255. The van der Waals surface area contributed by atoms with Gasteiger partial charge < -0.3 is 10.1 Å². The van der Waals surface area contributed by atoms with Gasteiger partial charge >= 0.3 is 5.97 Å². The van der Waals surface area contributed by atoms with Gasteiger partial charge in [0.25, 0.3) is 0 Å². The van der Waals surface area contributed by atoms with E-state index in [9.17, 15) is 4.79 Å². The van der Waals surface area contributed by atoms with Crippen LogP contribution in [0.4, 0.5) is 0 Å². The summed E-state index contributed by atoms with van der Waals surface area (Å²) in [6, 6.07) is 0.310. The van der Waals surface area contributed by atoms with Crippen molar-refractivity contribution in [2.45, 2.75) is 52.7 Å². The van der Waals surface area contributed by atoms with E-state index < -0.39 is 11.6 Å². The fraction of sp³-hybridized carbons (Fsp3) is 0.750. The summed E-state index contributed by atoms with van der Waals surface area (Å²) in [5, 5.41) is 3.21. The molecular weight excluding hydrogens is 190 g/mol. The van der Waals surface area contributed by atoms with E-state index in [4.69, 9.17) is 4.74 Å². The maximum absolute atomic E-state index is 11.2. The molecule has 0 radical (unpaired) electrons. The lowest BCUT2D eigenvalue weighted by molar-refractivity contribution is -0.147. The lowest BCUT2D eigenvalue weighted by atomic mass is 10.2. The van der Waals surface area contributed by atoms with Crippen LogP contribution in [-0.2, 0) is 9.53 Å².